The number of aliphatic carboxylic acids is 1. The third-order valence-electron chi connectivity index (χ3n) is 2.34. The molecule has 1 N–H and O–H groups in total. The number of halogens is 1. The normalized spacial score (nSPS) is 12.4. The number of carboxylic acids is 1. The lowest BCUT2D eigenvalue weighted by molar-refractivity contribution is -0.138. The molecule has 2 nitrogen and oxygen atoms in total. The highest BCUT2D eigenvalue weighted by Crippen LogP contribution is 2.22. The van der Waals surface area contributed by atoms with Crippen molar-refractivity contribution in [1.29, 1.82) is 0 Å². The quantitative estimate of drug-likeness (QED) is 0.840. The van der Waals surface area contributed by atoms with Crippen molar-refractivity contribution in [3.05, 3.63) is 34.9 Å². The van der Waals surface area contributed by atoms with Crippen LogP contribution < -0.4 is 0 Å². The molecule has 0 saturated heterocycles. The third kappa shape index (κ3) is 4.81. The highest BCUT2D eigenvalue weighted by atomic mass is 35.5. The molecule has 18 heavy (non-hydrogen) atoms. The van der Waals surface area contributed by atoms with E-state index in [1.807, 2.05) is 20.8 Å². The van der Waals surface area contributed by atoms with Crippen molar-refractivity contribution in [2.75, 3.05) is 0 Å². The van der Waals surface area contributed by atoms with Gasteiger partial charge in [0, 0.05) is 16.9 Å². The summed E-state index contributed by atoms with van der Waals surface area (Å²) in [7, 11) is 0. The third-order valence-corrected chi connectivity index (χ3v) is 2.59. The molecule has 0 saturated carbocycles. The Morgan fingerprint density at radius 2 is 1.89 bits per heavy atom. The van der Waals surface area contributed by atoms with Crippen LogP contribution in [0.5, 0.6) is 0 Å². The zero-order valence-electron chi connectivity index (χ0n) is 10.8. The Hall–Kier alpha value is -1.46. The van der Waals surface area contributed by atoms with Crippen LogP contribution in [0.25, 0.3) is 0 Å². The monoisotopic (exact) mass is 264 g/mol. The van der Waals surface area contributed by atoms with E-state index in [1.54, 1.807) is 24.3 Å². The summed E-state index contributed by atoms with van der Waals surface area (Å²) in [6, 6.07) is 6.87. The zero-order valence-corrected chi connectivity index (χ0v) is 11.6. The predicted octanol–water partition coefficient (Wildman–Crippen LogP) is 3.95. The second-order valence-corrected chi connectivity index (χ2v) is 5.63. The molecular weight excluding hydrogens is 248 g/mol. The first-order chi connectivity index (χ1) is 8.29. The van der Waals surface area contributed by atoms with Gasteiger partial charge in [0.15, 0.2) is 0 Å². The Morgan fingerprint density at radius 3 is 2.33 bits per heavy atom. The van der Waals surface area contributed by atoms with Gasteiger partial charge in [0.25, 0.3) is 0 Å². The van der Waals surface area contributed by atoms with Gasteiger partial charge in [-0.2, -0.15) is 0 Å². The summed E-state index contributed by atoms with van der Waals surface area (Å²) in [4.78, 5) is 11.2. The Kier molecular flexibility index (Phi) is 4.81. The van der Waals surface area contributed by atoms with Crippen molar-refractivity contribution in [2.45, 2.75) is 33.1 Å². The summed E-state index contributed by atoms with van der Waals surface area (Å²) in [5.41, 5.74) is 0.623. The number of hydrogen-bond donors (Lipinski definition) is 1. The zero-order chi connectivity index (χ0) is 13.8. The molecule has 96 valence electrons. The van der Waals surface area contributed by atoms with Gasteiger partial charge < -0.3 is 5.11 Å². The van der Waals surface area contributed by atoms with Crippen molar-refractivity contribution in [3.63, 3.8) is 0 Å². The molecule has 0 fully saturated rings. The molecular formula is C15H17ClO2. The second kappa shape index (κ2) is 5.93. The average molecular weight is 265 g/mol. The van der Waals surface area contributed by atoms with Gasteiger partial charge in [-0.25, -0.2) is 0 Å². The van der Waals surface area contributed by atoms with Gasteiger partial charge >= 0.3 is 5.97 Å². The van der Waals surface area contributed by atoms with E-state index in [0.717, 1.165) is 5.56 Å². The second-order valence-electron chi connectivity index (χ2n) is 5.20. The molecule has 0 radical (unpaired) electrons. The van der Waals surface area contributed by atoms with Crippen LogP contribution in [-0.4, -0.2) is 11.1 Å². The van der Waals surface area contributed by atoms with Gasteiger partial charge in [0.1, 0.15) is 0 Å². The SMILES string of the molecule is CC(C)(C)C#CCC(C(=O)O)c1ccc(Cl)cc1. The lowest BCUT2D eigenvalue weighted by Gasteiger charge is -2.11. The van der Waals surface area contributed by atoms with Gasteiger partial charge in [-0.1, -0.05) is 29.7 Å². The van der Waals surface area contributed by atoms with Crippen LogP contribution in [-0.2, 0) is 4.79 Å². The molecule has 3 heteroatoms. The Balaban J connectivity index is 2.87. The number of carboxylic acid groups (broad SMARTS) is 1. The van der Waals surface area contributed by atoms with Gasteiger partial charge in [-0.05, 0) is 38.5 Å². The molecule has 1 aromatic carbocycles. The minimum atomic E-state index is -0.861. The van der Waals surface area contributed by atoms with Crippen molar-refractivity contribution in [2.24, 2.45) is 5.41 Å². The minimum absolute atomic E-state index is 0.108. The molecule has 1 atom stereocenters. The number of benzene rings is 1. The first-order valence-electron chi connectivity index (χ1n) is 5.78. The van der Waals surface area contributed by atoms with Crippen molar-refractivity contribution in [1.82, 2.24) is 0 Å². The molecule has 1 unspecified atom stereocenters. The van der Waals surface area contributed by atoms with Gasteiger partial charge in [-0.3, -0.25) is 4.79 Å². The maximum atomic E-state index is 11.2. The Labute approximate surface area is 113 Å². The maximum absolute atomic E-state index is 11.2. The number of hydrogen-bond acceptors (Lipinski definition) is 1. The molecule has 0 aromatic heterocycles. The number of rotatable bonds is 3. The van der Waals surface area contributed by atoms with E-state index in [9.17, 15) is 9.90 Å². The molecule has 0 bridgehead atoms. The van der Waals surface area contributed by atoms with Crippen molar-refractivity contribution >= 4 is 17.6 Å². The van der Waals surface area contributed by atoms with E-state index >= 15 is 0 Å². The largest absolute Gasteiger partial charge is 0.481 e. The standard InChI is InChI=1S/C15H17ClO2/c1-15(2,3)10-4-5-13(14(17)18)11-6-8-12(16)9-7-11/h6-9,13H,5H2,1-3H3,(H,17,18). The summed E-state index contributed by atoms with van der Waals surface area (Å²) in [5, 5.41) is 9.83. The highest BCUT2D eigenvalue weighted by Gasteiger charge is 2.18. The minimum Gasteiger partial charge on any atom is -0.481 e. The smallest absolute Gasteiger partial charge is 0.311 e. The average Bonchev–Trinajstić information content (AvgIpc) is 2.24. The van der Waals surface area contributed by atoms with Crippen LogP contribution in [0, 0.1) is 17.3 Å². The van der Waals surface area contributed by atoms with E-state index in [4.69, 9.17) is 11.6 Å². The van der Waals surface area contributed by atoms with E-state index in [0.29, 0.717) is 11.4 Å². The maximum Gasteiger partial charge on any atom is 0.311 e. The van der Waals surface area contributed by atoms with Crippen LogP contribution >= 0.6 is 11.6 Å². The fourth-order valence-corrected chi connectivity index (χ4v) is 1.59. The van der Waals surface area contributed by atoms with Gasteiger partial charge in [0.05, 0.1) is 5.92 Å². The van der Waals surface area contributed by atoms with Crippen molar-refractivity contribution < 1.29 is 9.90 Å². The molecule has 0 spiro atoms. The van der Waals surface area contributed by atoms with Gasteiger partial charge in [0.2, 0.25) is 0 Å². The first-order valence-corrected chi connectivity index (χ1v) is 6.16. The Morgan fingerprint density at radius 1 is 1.33 bits per heavy atom. The van der Waals surface area contributed by atoms with E-state index in [1.165, 1.54) is 0 Å². The summed E-state index contributed by atoms with van der Waals surface area (Å²) in [6.07, 6.45) is 0.314. The van der Waals surface area contributed by atoms with Crippen LogP contribution in [0.15, 0.2) is 24.3 Å². The molecule has 0 amide bonds. The summed E-state index contributed by atoms with van der Waals surface area (Å²) < 4.78 is 0. The van der Waals surface area contributed by atoms with Crippen LogP contribution in [0.2, 0.25) is 5.02 Å². The predicted molar refractivity (Wildman–Crippen MR) is 73.7 cm³/mol. The van der Waals surface area contributed by atoms with Crippen LogP contribution in [0.3, 0.4) is 0 Å². The fourth-order valence-electron chi connectivity index (χ4n) is 1.46. The summed E-state index contributed by atoms with van der Waals surface area (Å²) in [6.45, 7) is 5.99. The highest BCUT2D eigenvalue weighted by molar-refractivity contribution is 6.30. The first kappa shape index (κ1) is 14.6. The Bertz CT molecular complexity index is 472. The van der Waals surface area contributed by atoms with Crippen molar-refractivity contribution in [3.8, 4) is 11.8 Å². The molecule has 1 aromatic rings. The van der Waals surface area contributed by atoms with E-state index in [-0.39, 0.29) is 5.41 Å². The van der Waals surface area contributed by atoms with Gasteiger partial charge in [-0.15, -0.1) is 5.92 Å². The molecule has 0 aliphatic rings. The lowest BCUT2D eigenvalue weighted by atomic mass is 9.93. The van der Waals surface area contributed by atoms with Crippen LogP contribution in [0.1, 0.15) is 38.7 Å². The van der Waals surface area contributed by atoms with E-state index < -0.39 is 11.9 Å². The number of carbonyl (C=O) groups is 1. The summed E-state index contributed by atoms with van der Waals surface area (Å²) in [5.74, 6) is 4.54. The lowest BCUT2D eigenvalue weighted by Crippen LogP contribution is -2.11. The molecule has 0 aliphatic carbocycles. The summed E-state index contributed by atoms with van der Waals surface area (Å²) >= 11 is 5.78. The van der Waals surface area contributed by atoms with E-state index in [2.05, 4.69) is 11.8 Å². The fraction of sp³-hybridized carbons (Fsp3) is 0.400. The van der Waals surface area contributed by atoms with Crippen LogP contribution in [0.4, 0.5) is 0 Å². The topological polar surface area (TPSA) is 37.3 Å². The molecule has 0 aliphatic heterocycles. The molecule has 1 rings (SSSR count). The molecule has 0 heterocycles.